The molecule has 158 valence electrons. The van der Waals surface area contributed by atoms with Crippen molar-refractivity contribution in [2.45, 2.75) is 0 Å². The minimum atomic E-state index is -0.534. The molecule has 0 atom stereocenters. The van der Waals surface area contributed by atoms with Gasteiger partial charge < -0.3 is 15.5 Å². The number of hydrogen-bond donors (Lipinski definition) is 2. The van der Waals surface area contributed by atoms with Gasteiger partial charge in [0.1, 0.15) is 5.82 Å². The first-order valence-electron chi connectivity index (χ1n) is 9.40. The molecular weight excluding hydrogens is 393 g/mol. The third-order valence-corrected chi connectivity index (χ3v) is 4.87. The van der Waals surface area contributed by atoms with E-state index < -0.39 is 10.8 Å². The number of benzene rings is 2. The predicted octanol–water partition coefficient (Wildman–Crippen LogP) is 1.85. The van der Waals surface area contributed by atoms with Crippen molar-refractivity contribution in [2.24, 2.45) is 0 Å². The summed E-state index contributed by atoms with van der Waals surface area (Å²) in [5.74, 6) is -0.960. The number of non-ortho nitro benzene ring substituents is 1. The first kappa shape index (κ1) is 21.2. The van der Waals surface area contributed by atoms with Gasteiger partial charge in [0.25, 0.3) is 11.6 Å². The number of nitrogens with zero attached hydrogens (tertiary/aromatic N) is 3. The van der Waals surface area contributed by atoms with E-state index in [0.29, 0.717) is 37.6 Å². The van der Waals surface area contributed by atoms with Crippen molar-refractivity contribution in [3.05, 3.63) is 64.0 Å². The minimum Gasteiger partial charge on any atom is -0.368 e. The largest absolute Gasteiger partial charge is 0.368 e. The highest BCUT2D eigenvalue weighted by Gasteiger charge is 2.24. The standard InChI is InChI=1S/C20H22FN5O4/c1-22-20(28)17-12-16(26(29)30)6-7-18(17)25-10-8-24(9-11-25)13-19(27)23-15-4-2-14(21)3-5-15/h2-7,12H,8-11,13H2,1H3,(H,22,28)(H,23,27). The molecule has 0 unspecified atom stereocenters. The van der Waals surface area contributed by atoms with Gasteiger partial charge in [-0.2, -0.15) is 0 Å². The monoisotopic (exact) mass is 415 g/mol. The highest BCUT2D eigenvalue weighted by atomic mass is 19.1. The second-order valence-corrected chi connectivity index (χ2v) is 6.86. The summed E-state index contributed by atoms with van der Waals surface area (Å²) in [7, 11) is 1.47. The van der Waals surface area contributed by atoms with Gasteiger partial charge in [-0.3, -0.25) is 24.6 Å². The molecule has 2 aromatic rings. The number of hydrogen-bond acceptors (Lipinski definition) is 6. The first-order chi connectivity index (χ1) is 14.4. The molecule has 0 bridgehead atoms. The van der Waals surface area contributed by atoms with Crippen LogP contribution < -0.4 is 15.5 Å². The van der Waals surface area contributed by atoms with Crippen LogP contribution in [0, 0.1) is 15.9 Å². The number of piperazine rings is 1. The molecule has 1 heterocycles. The fourth-order valence-corrected chi connectivity index (χ4v) is 3.31. The molecule has 3 rings (SSSR count). The van der Waals surface area contributed by atoms with E-state index in [4.69, 9.17) is 0 Å². The lowest BCUT2D eigenvalue weighted by Crippen LogP contribution is -2.49. The highest BCUT2D eigenvalue weighted by Crippen LogP contribution is 2.26. The lowest BCUT2D eigenvalue weighted by Gasteiger charge is -2.36. The van der Waals surface area contributed by atoms with Crippen LogP contribution in [0.25, 0.3) is 0 Å². The molecule has 2 N–H and O–H groups in total. The van der Waals surface area contributed by atoms with Crippen molar-refractivity contribution < 1.29 is 18.9 Å². The Labute approximate surface area is 172 Å². The molecule has 1 aliphatic rings. The first-order valence-corrected chi connectivity index (χ1v) is 9.40. The molecule has 30 heavy (non-hydrogen) atoms. The Bertz CT molecular complexity index is 943. The van der Waals surface area contributed by atoms with E-state index in [0.717, 1.165) is 0 Å². The van der Waals surface area contributed by atoms with Crippen LogP contribution in [0.15, 0.2) is 42.5 Å². The third-order valence-electron chi connectivity index (χ3n) is 4.87. The summed E-state index contributed by atoms with van der Waals surface area (Å²) in [6.07, 6.45) is 0. The predicted molar refractivity (Wildman–Crippen MR) is 110 cm³/mol. The lowest BCUT2D eigenvalue weighted by molar-refractivity contribution is -0.384. The Hall–Kier alpha value is -3.53. The normalized spacial score (nSPS) is 14.3. The van der Waals surface area contributed by atoms with E-state index in [9.17, 15) is 24.1 Å². The van der Waals surface area contributed by atoms with Gasteiger partial charge in [-0.15, -0.1) is 0 Å². The van der Waals surface area contributed by atoms with Crippen LogP contribution in [0.3, 0.4) is 0 Å². The van der Waals surface area contributed by atoms with Crippen LogP contribution in [0.2, 0.25) is 0 Å². The Kier molecular flexibility index (Phi) is 6.58. The second-order valence-electron chi connectivity index (χ2n) is 6.86. The average molecular weight is 415 g/mol. The van der Waals surface area contributed by atoms with Gasteiger partial charge in [0, 0.05) is 51.0 Å². The third kappa shape index (κ3) is 5.09. The maximum atomic E-state index is 13.0. The molecule has 10 heteroatoms. The molecule has 2 amide bonds. The zero-order valence-electron chi connectivity index (χ0n) is 16.4. The summed E-state index contributed by atoms with van der Waals surface area (Å²) >= 11 is 0. The minimum absolute atomic E-state index is 0.145. The van der Waals surface area contributed by atoms with E-state index >= 15 is 0 Å². The number of nitro benzene ring substituents is 1. The second kappa shape index (κ2) is 9.31. The summed E-state index contributed by atoms with van der Waals surface area (Å²) in [5.41, 5.74) is 1.25. The lowest BCUT2D eigenvalue weighted by atomic mass is 10.1. The molecule has 1 saturated heterocycles. The fraction of sp³-hybridized carbons (Fsp3) is 0.300. The van der Waals surface area contributed by atoms with Gasteiger partial charge >= 0.3 is 0 Å². The van der Waals surface area contributed by atoms with Crippen molar-refractivity contribution in [3.63, 3.8) is 0 Å². The molecule has 0 spiro atoms. The maximum Gasteiger partial charge on any atom is 0.270 e. The van der Waals surface area contributed by atoms with Crippen LogP contribution >= 0.6 is 0 Å². The van der Waals surface area contributed by atoms with Gasteiger partial charge in [0.05, 0.1) is 22.7 Å². The molecule has 2 aromatic carbocycles. The maximum absolute atomic E-state index is 13.0. The number of carbonyl (C=O) groups excluding carboxylic acids is 2. The summed E-state index contributed by atoms with van der Waals surface area (Å²) in [4.78, 5) is 38.9. The van der Waals surface area contributed by atoms with Crippen molar-refractivity contribution in [2.75, 3.05) is 50.0 Å². The van der Waals surface area contributed by atoms with E-state index in [1.54, 1.807) is 6.07 Å². The van der Waals surface area contributed by atoms with Crippen molar-refractivity contribution in [1.82, 2.24) is 10.2 Å². The Morgan fingerprint density at radius 2 is 1.77 bits per heavy atom. The van der Waals surface area contributed by atoms with Crippen LogP contribution in [0.5, 0.6) is 0 Å². The van der Waals surface area contributed by atoms with Gasteiger partial charge in [-0.05, 0) is 30.3 Å². The SMILES string of the molecule is CNC(=O)c1cc([N+](=O)[O-])ccc1N1CCN(CC(=O)Nc2ccc(F)cc2)CC1. The summed E-state index contributed by atoms with van der Waals surface area (Å²) < 4.78 is 13.0. The molecule has 0 radical (unpaired) electrons. The Balaban J connectivity index is 1.61. The molecular formula is C20H22FN5O4. The fourth-order valence-electron chi connectivity index (χ4n) is 3.31. The van der Waals surface area contributed by atoms with Gasteiger partial charge in [0.2, 0.25) is 5.91 Å². The summed E-state index contributed by atoms with van der Waals surface area (Å²) in [5, 5.41) is 16.3. The van der Waals surface area contributed by atoms with Crippen LogP contribution in [-0.4, -0.2) is 61.4 Å². The number of nitrogens with one attached hydrogen (secondary N) is 2. The molecule has 0 aromatic heterocycles. The topological polar surface area (TPSA) is 108 Å². The zero-order chi connectivity index (χ0) is 21.7. The van der Waals surface area contributed by atoms with Gasteiger partial charge in [-0.1, -0.05) is 0 Å². The van der Waals surface area contributed by atoms with E-state index in [-0.39, 0.29) is 29.5 Å². The molecule has 0 saturated carbocycles. The molecule has 1 aliphatic heterocycles. The highest BCUT2D eigenvalue weighted by molar-refractivity contribution is 6.00. The zero-order valence-corrected chi connectivity index (χ0v) is 16.4. The Morgan fingerprint density at radius 3 is 2.37 bits per heavy atom. The van der Waals surface area contributed by atoms with E-state index in [1.807, 2.05) is 9.80 Å². The number of carbonyl (C=O) groups is 2. The van der Waals surface area contributed by atoms with Gasteiger partial charge in [-0.25, -0.2) is 4.39 Å². The number of amides is 2. The van der Waals surface area contributed by atoms with E-state index in [2.05, 4.69) is 10.6 Å². The van der Waals surface area contributed by atoms with Crippen molar-refractivity contribution in [3.8, 4) is 0 Å². The summed E-state index contributed by atoms with van der Waals surface area (Å²) in [6.45, 7) is 2.48. The van der Waals surface area contributed by atoms with Crippen molar-refractivity contribution in [1.29, 1.82) is 0 Å². The average Bonchev–Trinajstić information content (AvgIpc) is 2.75. The van der Waals surface area contributed by atoms with Crippen LogP contribution in [0.4, 0.5) is 21.5 Å². The Morgan fingerprint density at radius 1 is 1.10 bits per heavy atom. The van der Waals surface area contributed by atoms with Crippen LogP contribution in [0.1, 0.15) is 10.4 Å². The number of anilines is 2. The number of halogens is 1. The van der Waals surface area contributed by atoms with E-state index in [1.165, 1.54) is 43.4 Å². The molecule has 9 nitrogen and oxygen atoms in total. The van der Waals surface area contributed by atoms with Crippen LogP contribution in [-0.2, 0) is 4.79 Å². The summed E-state index contributed by atoms with van der Waals surface area (Å²) in [6, 6.07) is 9.80. The molecule has 1 fully saturated rings. The quantitative estimate of drug-likeness (QED) is 0.551. The molecule has 0 aliphatic carbocycles. The number of rotatable bonds is 6. The van der Waals surface area contributed by atoms with Crippen molar-refractivity contribution >= 4 is 28.9 Å². The smallest absolute Gasteiger partial charge is 0.270 e. The number of nitro groups is 1. The van der Waals surface area contributed by atoms with Gasteiger partial charge in [0.15, 0.2) is 0 Å².